The molecule has 1 fully saturated rings. The Morgan fingerprint density at radius 2 is 1.57 bits per heavy atom. The largest absolute Gasteiger partial charge is 0.479 e. The van der Waals surface area contributed by atoms with Crippen LogP contribution in [-0.2, 0) is 40.0 Å². The van der Waals surface area contributed by atoms with Gasteiger partial charge in [-0.3, -0.25) is 23.8 Å². The number of nitrogens with two attached hydrogens (primary N) is 2. The summed E-state index contributed by atoms with van der Waals surface area (Å²) in [5.41, 5.74) is 2.96. The number of aliphatic carboxylic acids is 1. The summed E-state index contributed by atoms with van der Waals surface area (Å²) >= 11 is -2.81. The minimum absolute atomic E-state index is 0.0179. The summed E-state index contributed by atoms with van der Waals surface area (Å²) in [5.74, 6) is 3.34. The van der Waals surface area contributed by atoms with Crippen LogP contribution in [0.2, 0.25) is 0 Å². The van der Waals surface area contributed by atoms with E-state index in [0.29, 0.717) is 0 Å². The highest BCUT2D eigenvalue weighted by atomic mass is 32.2. The second-order valence-corrected chi connectivity index (χ2v) is 16.2. The van der Waals surface area contributed by atoms with Gasteiger partial charge in [-0.15, -0.1) is 0 Å². The summed E-state index contributed by atoms with van der Waals surface area (Å²) in [6, 6.07) is 3.90. The van der Waals surface area contributed by atoms with E-state index in [1.807, 2.05) is 13.8 Å². The average Bonchev–Trinajstić information content (AvgIpc) is 3.30. The van der Waals surface area contributed by atoms with Crippen molar-refractivity contribution in [1.82, 2.24) is 14.8 Å². The Labute approximate surface area is 317 Å². The third-order valence-electron chi connectivity index (χ3n) is 8.20. The smallest absolute Gasteiger partial charge is 0.357 e. The van der Waals surface area contributed by atoms with Crippen molar-refractivity contribution < 1.29 is 61.3 Å². The van der Waals surface area contributed by atoms with Crippen molar-refractivity contribution in [3.63, 3.8) is 0 Å². The van der Waals surface area contributed by atoms with Gasteiger partial charge in [-0.05, 0) is 73.6 Å². The van der Waals surface area contributed by atoms with Crippen molar-refractivity contribution in [3.8, 4) is 11.5 Å². The molecule has 1 aromatic rings. The highest BCUT2D eigenvalue weighted by Crippen LogP contribution is 2.33. The number of carboxylic acids is 1. The Kier molecular flexibility index (Phi) is 14.1. The third-order valence-corrected chi connectivity index (χ3v) is 8.53. The quantitative estimate of drug-likeness (QED) is 0.0614. The van der Waals surface area contributed by atoms with Gasteiger partial charge in [0.25, 0.3) is 17.7 Å². The lowest BCUT2D eigenvalue weighted by atomic mass is 10.0. The Morgan fingerprint density at radius 1 is 0.981 bits per heavy atom. The second-order valence-electron chi connectivity index (χ2n) is 15.6. The number of nitrogens with zero attached hydrogens (tertiary/aromatic N) is 3. The molecule has 2 aliphatic heterocycles. The topological polar surface area (TPSA) is 254 Å². The van der Waals surface area contributed by atoms with Gasteiger partial charge in [-0.1, -0.05) is 0 Å². The molecule has 0 bridgehead atoms. The van der Waals surface area contributed by atoms with Crippen LogP contribution < -0.4 is 20.5 Å². The molecule has 2 heterocycles. The van der Waals surface area contributed by atoms with Crippen LogP contribution in [0.1, 0.15) is 78.6 Å². The molecule has 1 unspecified atom stereocenters. The van der Waals surface area contributed by atoms with Crippen LogP contribution in [0.5, 0.6) is 11.5 Å². The first-order valence-corrected chi connectivity index (χ1v) is 18.1. The van der Waals surface area contributed by atoms with Crippen LogP contribution in [0, 0.1) is 0 Å². The molecule has 4 atom stereocenters. The first kappa shape index (κ1) is 44.3. The molecule has 0 aromatic heterocycles. The van der Waals surface area contributed by atoms with Crippen LogP contribution in [0.3, 0.4) is 0 Å². The maximum absolute atomic E-state index is 13.5. The van der Waals surface area contributed by atoms with Crippen molar-refractivity contribution in [2.45, 2.75) is 109 Å². The van der Waals surface area contributed by atoms with Crippen LogP contribution in [0.25, 0.3) is 0 Å². The Hall–Kier alpha value is -4.11. The van der Waals surface area contributed by atoms with Gasteiger partial charge in [0.2, 0.25) is 6.29 Å². The van der Waals surface area contributed by atoms with Crippen LogP contribution in [0.4, 0.5) is 0 Å². The van der Waals surface area contributed by atoms with Crippen molar-refractivity contribution in [1.29, 1.82) is 0 Å². The minimum Gasteiger partial charge on any atom is -0.479 e. The van der Waals surface area contributed by atoms with Gasteiger partial charge in [-0.2, -0.15) is 4.21 Å². The molecule has 2 aliphatic rings. The summed E-state index contributed by atoms with van der Waals surface area (Å²) in [6.45, 7) is 14.4. The molecular formula is C35H53N5O13S. The Balaban J connectivity index is 1.64. The lowest BCUT2D eigenvalue weighted by Gasteiger charge is -2.40. The highest BCUT2D eigenvalue weighted by molar-refractivity contribution is 7.74. The number of aliphatic hydroxyl groups excluding tert-OH is 1. The molecule has 0 radical (unpaired) electrons. The number of aliphatic hydroxyl groups is 1. The summed E-state index contributed by atoms with van der Waals surface area (Å²) in [4.78, 5) is 51.5. The van der Waals surface area contributed by atoms with E-state index in [1.54, 1.807) is 48.6 Å². The van der Waals surface area contributed by atoms with Gasteiger partial charge in [0.15, 0.2) is 17.6 Å². The fourth-order valence-electron chi connectivity index (χ4n) is 6.36. The fraction of sp³-hybridized carbons (Fsp3) is 0.600. The number of ether oxygens (including phenoxy) is 4. The number of benzene rings is 1. The number of hydrazine groups is 1. The Bertz CT molecular complexity index is 1640. The number of hydrogen-bond donors (Lipinski definition) is 5. The highest BCUT2D eigenvalue weighted by Gasteiger charge is 2.38. The lowest BCUT2D eigenvalue weighted by Crippen LogP contribution is -2.51. The molecule has 0 aliphatic carbocycles. The number of carbonyl (C=O) groups is 4. The predicted octanol–water partition coefficient (Wildman–Crippen LogP) is 1.65. The van der Waals surface area contributed by atoms with Crippen LogP contribution in [-0.4, -0.2) is 125 Å². The van der Waals surface area contributed by atoms with E-state index in [2.05, 4.69) is 0 Å². The lowest BCUT2D eigenvalue weighted by molar-refractivity contribution is -0.195. The minimum atomic E-state index is -2.81. The second kappa shape index (κ2) is 17.1. The first-order valence-electron chi connectivity index (χ1n) is 17.0. The number of imide groups is 1. The molecule has 0 spiro atoms. The molecule has 19 heteroatoms. The molecule has 7 N–H and O–H groups in total. The molecular weight excluding hydrogens is 730 g/mol. The number of likely N-dealkylation sites (N-methyl/N-ethyl adjacent to an activating group) is 1. The zero-order valence-electron chi connectivity index (χ0n) is 32.1. The van der Waals surface area contributed by atoms with E-state index < -0.39 is 76.0 Å². The van der Waals surface area contributed by atoms with Crippen molar-refractivity contribution in [2.75, 3.05) is 26.7 Å². The number of carbonyl (C=O) groups excluding carboxylic acids is 3. The summed E-state index contributed by atoms with van der Waals surface area (Å²) < 4.78 is 49.7. The molecule has 302 valence electrons. The van der Waals surface area contributed by atoms with E-state index in [-0.39, 0.29) is 55.2 Å². The van der Waals surface area contributed by atoms with Crippen molar-refractivity contribution in [3.05, 3.63) is 47.8 Å². The van der Waals surface area contributed by atoms with E-state index in [1.165, 1.54) is 46.5 Å². The molecule has 54 heavy (non-hydrogen) atoms. The molecule has 18 nitrogen and oxygen atoms in total. The van der Waals surface area contributed by atoms with E-state index in [0.717, 1.165) is 4.90 Å². The van der Waals surface area contributed by atoms with Gasteiger partial charge in [0.05, 0.1) is 41.7 Å². The summed E-state index contributed by atoms with van der Waals surface area (Å²) in [7, 11) is 1.55. The normalized spacial score (nSPS) is 20.6. The van der Waals surface area contributed by atoms with Gasteiger partial charge in [-0.25, -0.2) is 10.6 Å². The van der Waals surface area contributed by atoms with E-state index >= 15 is 0 Å². The molecule has 3 amide bonds. The monoisotopic (exact) mass is 783 g/mol. The van der Waals surface area contributed by atoms with Crippen LogP contribution >= 0.6 is 0 Å². The van der Waals surface area contributed by atoms with Crippen LogP contribution in [0.15, 0.2) is 42.2 Å². The molecule has 1 aromatic carbocycles. The number of amides is 3. The zero-order valence-corrected chi connectivity index (χ0v) is 32.9. The standard InChI is InChI=1S/C35H53N5O13S/c1-32(2,52-33(3,4)19-39(37)17-26(36)35(7,8)53-34(5,6)20-40-27(42)12-13-28(40)43)18-38(9)30(44)21-10-11-23(24(14-21)51-54(47)48)49-29-16-22(41)15-25(50-29)31(45)46/h10-14,17,22,25,29,41H,15-16,18-20,36-37H2,1-9H3,(H,45,46)(H,47,48)/b26-17-/t22-,25-,29+/m0/s1. The van der Waals surface area contributed by atoms with Gasteiger partial charge < -0.3 is 49.0 Å². The number of hydrogen-bond acceptors (Lipinski definition) is 14. The maximum Gasteiger partial charge on any atom is 0.357 e. The van der Waals surface area contributed by atoms with Gasteiger partial charge in [0.1, 0.15) is 5.60 Å². The molecule has 1 saturated heterocycles. The predicted molar refractivity (Wildman–Crippen MR) is 194 cm³/mol. The zero-order chi connectivity index (χ0) is 41.0. The maximum atomic E-state index is 13.5. The van der Waals surface area contributed by atoms with Crippen molar-refractivity contribution in [2.24, 2.45) is 11.6 Å². The van der Waals surface area contributed by atoms with Gasteiger partial charge in [0, 0.05) is 50.3 Å². The van der Waals surface area contributed by atoms with Gasteiger partial charge >= 0.3 is 17.3 Å². The summed E-state index contributed by atoms with van der Waals surface area (Å²) in [6.07, 6.45) is 0.180. The fourth-order valence-corrected chi connectivity index (χ4v) is 6.65. The SMILES string of the molecule is CN(CC(C)(C)OC(C)(C)CN(N)/C=C(\N)C(C)(C)OC(C)(C)CN1C(=O)C=CC1=O)C(=O)c1ccc(O[C@H]2C[C@@H](O)C[C@@H](C(=O)O)O2)c(OS(=O)O)c1. The van der Waals surface area contributed by atoms with E-state index in [4.69, 9.17) is 34.7 Å². The average molecular weight is 784 g/mol. The summed E-state index contributed by atoms with van der Waals surface area (Å²) in [5, 5.41) is 20.7. The third kappa shape index (κ3) is 12.7. The Morgan fingerprint density at radius 3 is 2.15 bits per heavy atom. The number of rotatable bonds is 18. The molecule has 3 rings (SSSR count). The van der Waals surface area contributed by atoms with E-state index in [9.17, 15) is 38.2 Å². The molecule has 0 saturated carbocycles. The number of carboxylic acid groups (broad SMARTS) is 1. The van der Waals surface area contributed by atoms with Crippen molar-refractivity contribution >= 4 is 35.1 Å². The first-order chi connectivity index (χ1) is 24.7.